The van der Waals surface area contributed by atoms with Gasteiger partial charge in [-0.25, -0.2) is 0 Å². The Balaban J connectivity index is 1.42. The Morgan fingerprint density at radius 1 is 1.04 bits per heavy atom. The van der Waals surface area contributed by atoms with Crippen molar-refractivity contribution in [3.8, 4) is 0 Å². The van der Waals surface area contributed by atoms with E-state index in [1.807, 2.05) is 37.3 Å². The van der Waals surface area contributed by atoms with E-state index >= 15 is 0 Å². The maximum atomic E-state index is 12.5. The third-order valence-corrected chi connectivity index (χ3v) is 5.03. The van der Waals surface area contributed by atoms with Crippen LogP contribution in [0, 0.1) is 0 Å². The van der Waals surface area contributed by atoms with E-state index in [1.54, 1.807) is 24.3 Å². The van der Waals surface area contributed by atoms with Crippen molar-refractivity contribution < 1.29 is 18.4 Å². The number of rotatable bonds is 5. The van der Waals surface area contributed by atoms with E-state index in [9.17, 15) is 9.59 Å². The van der Waals surface area contributed by atoms with Gasteiger partial charge in [-0.15, -0.1) is 11.3 Å². The third kappa shape index (κ3) is 3.63. The first-order chi connectivity index (χ1) is 13.1. The van der Waals surface area contributed by atoms with Crippen LogP contribution in [0.25, 0.3) is 11.0 Å². The van der Waals surface area contributed by atoms with E-state index in [1.165, 1.54) is 17.6 Å². The lowest BCUT2D eigenvalue weighted by atomic mass is 10.2. The van der Waals surface area contributed by atoms with Crippen LogP contribution in [0.3, 0.4) is 0 Å². The summed E-state index contributed by atoms with van der Waals surface area (Å²) in [7, 11) is 0. The molecule has 0 saturated carbocycles. The first kappa shape index (κ1) is 17.1. The minimum Gasteiger partial charge on any atom is -0.459 e. The van der Waals surface area contributed by atoms with Gasteiger partial charge in [0.05, 0.1) is 22.2 Å². The summed E-state index contributed by atoms with van der Waals surface area (Å²) in [6, 6.07) is 15.9. The molecule has 4 rings (SSSR count). The number of nitrogens with one attached hydrogen (secondary N) is 2. The van der Waals surface area contributed by atoms with Crippen molar-refractivity contribution in [2.45, 2.75) is 13.0 Å². The summed E-state index contributed by atoms with van der Waals surface area (Å²) in [5.41, 5.74) is 0.785. The largest absolute Gasteiger partial charge is 0.459 e. The van der Waals surface area contributed by atoms with Gasteiger partial charge in [-0.2, -0.15) is 0 Å². The molecule has 27 heavy (non-hydrogen) atoms. The molecule has 4 aromatic rings. The molecular formula is C20H16N2O4S. The number of anilines is 1. The monoisotopic (exact) mass is 380 g/mol. The number of fused-ring (bicyclic) bond motifs is 1. The van der Waals surface area contributed by atoms with Gasteiger partial charge in [-0.1, -0.05) is 18.2 Å². The van der Waals surface area contributed by atoms with E-state index < -0.39 is 0 Å². The number of furan rings is 2. The minimum atomic E-state index is -0.357. The maximum Gasteiger partial charge on any atom is 0.291 e. The number of thiophene rings is 1. The van der Waals surface area contributed by atoms with Crippen LogP contribution in [0.15, 0.2) is 69.7 Å². The van der Waals surface area contributed by atoms with Crippen molar-refractivity contribution in [2.75, 3.05) is 5.32 Å². The topological polar surface area (TPSA) is 84.5 Å². The SMILES string of the molecule is CC(NC(=O)c1ccc(NC(=O)c2ccco2)s1)c1cc2ccccc2o1. The lowest BCUT2D eigenvalue weighted by Gasteiger charge is -2.10. The summed E-state index contributed by atoms with van der Waals surface area (Å²) in [5.74, 6) is 0.316. The van der Waals surface area contributed by atoms with Crippen molar-refractivity contribution >= 4 is 39.1 Å². The fourth-order valence-corrected chi connectivity index (χ4v) is 3.47. The normalized spacial score (nSPS) is 12.0. The van der Waals surface area contributed by atoms with E-state index in [0.29, 0.717) is 15.6 Å². The highest BCUT2D eigenvalue weighted by Crippen LogP contribution is 2.26. The summed E-state index contributed by atoms with van der Waals surface area (Å²) in [6.07, 6.45) is 1.43. The number of amides is 2. The molecule has 136 valence electrons. The van der Waals surface area contributed by atoms with Gasteiger partial charge in [0, 0.05) is 5.39 Å². The second kappa shape index (κ2) is 7.13. The molecule has 1 aromatic carbocycles. The van der Waals surface area contributed by atoms with E-state index in [2.05, 4.69) is 10.6 Å². The highest BCUT2D eigenvalue weighted by molar-refractivity contribution is 7.18. The lowest BCUT2D eigenvalue weighted by Crippen LogP contribution is -2.25. The summed E-state index contributed by atoms with van der Waals surface area (Å²) in [6.45, 7) is 1.86. The molecule has 2 amide bonds. The number of carbonyl (C=O) groups is 2. The average Bonchev–Trinajstić information content (AvgIpc) is 3.40. The van der Waals surface area contributed by atoms with Crippen molar-refractivity contribution in [2.24, 2.45) is 0 Å². The van der Waals surface area contributed by atoms with Gasteiger partial charge < -0.3 is 19.5 Å². The van der Waals surface area contributed by atoms with Gasteiger partial charge in [-0.3, -0.25) is 9.59 Å². The first-order valence-electron chi connectivity index (χ1n) is 8.34. The van der Waals surface area contributed by atoms with Gasteiger partial charge in [0.15, 0.2) is 5.76 Å². The molecular weight excluding hydrogens is 364 g/mol. The Morgan fingerprint density at radius 3 is 2.67 bits per heavy atom. The van der Waals surface area contributed by atoms with Crippen molar-refractivity contribution in [3.63, 3.8) is 0 Å². The predicted molar refractivity (Wildman–Crippen MR) is 103 cm³/mol. The number of hydrogen-bond donors (Lipinski definition) is 2. The van der Waals surface area contributed by atoms with Crippen LogP contribution in [0.5, 0.6) is 0 Å². The first-order valence-corrected chi connectivity index (χ1v) is 9.16. The Kier molecular flexibility index (Phi) is 4.52. The van der Waals surface area contributed by atoms with Crippen molar-refractivity contribution in [3.05, 3.63) is 77.3 Å². The second-order valence-corrected chi connectivity index (χ2v) is 7.06. The number of hydrogen-bond acceptors (Lipinski definition) is 5. The summed E-state index contributed by atoms with van der Waals surface area (Å²) in [4.78, 5) is 25.0. The molecule has 6 nitrogen and oxygen atoms in total. The molecule has 3 aromatic heterocycles. The van der Waals surface area contributed by atoms with Crippen molar-refractivity contribution in [1.82, 2.24) is 5.32 Å². The molecule has 1 unspecified atom stereocenters. The molecule has 0 aliphatic heterocycles. The number of benzene rings is 1. The van der Waals surface area contributed by atoms with Gasteiger partial charge in [0.2, 0.25) is 0 Å². The molecule has 2 N–H and O–H groups in total. The Morgan fingerprint density at radius 2 is 1.89 bits per heavy atom. The zero-order valence-corrected chi connectivity index (χ0v) is 15.2. The molecule has 0 fully saturated rings. The van der Waals surface area contributed by atoms with E-state index in [0.717, 1.165) is 11.0 Å². The molecule has 1 atom stereocenters. The summed E-state index contributed by atoms with van der Waals surface area (Å²) in [5, 5.41) is 7.18. The van der Waals surface area contributed by atoms with Crippen LogP contribution in [-0.2, 0) is 0 Å². The van der Waals surface area contributed by atoms with Crippen LogP contribution >= 0.6 is 11.3 Å². The fourth-order valence-electron chi connectivity index (χ4n) is 2.66. The smallest absolute Gasteiger partial charge is 0.291 e. The zero-order chi connectivity index (χ0) is 18.8. The maximum absolute atomic E-state index is 12.5. The van der Waals surface area contributed by atoms with Gasteiger partial charge in [0.25, 0.3) is 11.8 Å². The Labute approximate surface area is 158 Å². The van der Waals surface area contributed by atoms with Crippen molar-refractivity contribution in [1.29, 1.82) is 0 Å². The van der Waals surface area contributed by atoms with E-state index in [4.69, 9.17) is 8.83 Å². The lowest BCUT2D eigenvalue weighted by molar-refractivity contribution is 0.0938. The summed E-state index contributed by atoms with van der Waals surface area (Å²) < 4.78 is 10.8. The third-order valence-electron chi connectivity index (χ3n) is 4.03. The molecule has 0 aliphatic rings. The minimum absolute atomic E-state index is 0.216. The van der Waals surface area contributed by atoms with Crippen LogP contribution < -0.4 is 10.6 Å². The second-order valence-electron chi connectivity index (χ2n) is 5.98. The molecule has 3 heterocycles. The molecule has 0 aliphatic carbocycles. The van der Waals surface area contributed by atoms with Crippen LogP contribution in [0.1, 0.15) is 39.0 Å². The fraction of sp³-hybridized carbons (Fsp3) is 0.100. The predicted octanol–water partition coefficient (Wildman–Crippen LogP) is 4.83. The standard InChI is InChI=1S/C20H16N2O4S/c1-12(16-11-13-5-2-3-6-14(13)26-16)21-20(24)17-8-9-18(27-17)22-19(23)15-7-4-10-25-15/h2-12H,1H3,(H,21,24)(H,22,23). The molecule has 0 bridgehead atoms. The average molecular weight is 380 g/mol. The van der Waals surface area contributed by atoms with Gasteiger partial charge >= 0.3 is 0 Å². The van der Waals surface area contributed by atoms with Crippen LogP contribution in [0.2, 0.25) is 0 Å². The number of para-hydroxylation sites is 1. The Hall–Kier alpha value is -3.32. The molecule has 0 radical (unpaired) electrons. The van der Waals surface area contributed by atoms with Crippen LogP contribution in [0.4, 0.5) is 5.00 Å². The van der Waals surface area contributed by atoms with E-state index in [-0.39, 0.29) is 23.6 Å². The highest BCUT2D eigenvalue weighted by atomic mass is 32.1. The Bertz CT molecular complexity index is 1060. The molecule has 0 spiro atoms. The number of carbonyl (C=O) groups excluding carboxylic acids is 2. The highest BCUT2D eigenvalue weighted by Gasteiger charge is 2.17. The molecule has 7 heteroatoms. The quantitative estimate of drug-likeness (QED) is 0.519. The summed E-state index contributed by atoms with van der Waals surface area (Å²) >= 11 is 1.19. The van der Waals surface area contributed by atoms with Crippen LogP contribution in [-0.4, -0.2) is 11.8 Å². The van der Waals surface area contributed by atoms with Gasteiger partial charge in [0.1, 0.15) is 11.3 Å². The molecule has 0 saturated heterocycles. The van der Waals surface area contributed by atoms with Gasteiger partial charge in [-0.05, 0) is 43.3 Å². The zero-order valence-electron chi connectivity index (χ0n) is 14.4.